The molecular weight excluding hydrogens is 180 g/mol. The van der Waals surface area contributed by atoms with E-state index in [1.165, 1.54) is 0 Å². The largest absolute Gasteiger partial charge is 0.507 e. The standard InChI is InChI=1S/C7H10O4S/c1-2-3(8)5(10)7(12)6(11)4(2)9/h3,5,7-12H,1H2/t3?,5-,7+/m1/s1. The van der Waals surface area contributed by atoms with Crippen molar-refractivity contribution in [2.75, 3.05) is 0 Å². The van der Waals surface area contributed by atoms with Gasteiger partial charge in [0.2, 0.25) is 0 Å². The van der Waals surface area contributed by atoms with Gasteiger partial charge in [0.15, 0.2) is 5.76 Å². The van der Waals surface area contributed by atoms with Crippen molar-refractivity contribution < 1.29 is 20.4 Å². The molecule has 0 saturated carbocycles. The van der Waals surface area contributed by atoms with E-state index in [1.807, 2.05) is 0 Å². The molecule has 4 nitrogen and oxygen atoms in total. The van der Waals surface area contributed by atoms with Gasteiger partial charge in [-0.2, -0.15) is 12.6 Å². The first kappa shape index (κ1) is 9.44. The Labute approximate surface area is 74.9 Å². The molecule has 0 amide bonds. The smallest absolute Gasteiger partial charge is 0.159 e. The quantitative estimate of drug-likeness (QED) is 0.346. The maximum atomic E-state index is 9.21. The first-order valence-electron chi connectivity index (χ1n) is 3.32. The SMILES string of the molecule is C=C1C(O)=C(O)[C@@H](S)[C@H](O)C1O. The fourth-order valence-corrected chi connectivity index (χ4v) is 1.27. The highest BCUT2D eigenvalue weighted by molar-refractivity contribution is 7.81. The topological polar surface area (TPSA) is 80.9 Å². The maximum Gasteiger partial charge on any atom is 0.159 e. The summed E-state index contributed by atoms with van der Waals surface area (Å²) in [5.41, 5.74) is -0.0923. The van der Waals surface area contributed by atoms with Crippen LogP contribution < -0.4 is 0 Å². The Hall–Kier alpha value is -0.650. The van der Waals surface area contributed by atoms with Crippen LogP contribution in [0, 0.1) is 0 Å². The van der Waals surface area contributed by atoms with Gasteiger partial charge >= 0.3 is 0 Å². The van der Waals surface area contributed by atoms with E-state index in [0.29, 0.717) is 0 Å². The Morgan fingerprint density at radius 1 is 1.25 bits per heavy atom. The molecule has 1 rings (SSSR count). The highest BCUT2D eigenvalue weighted by atomic mass is 32.1. The molecule has 12 heavy (non-hydrogen) atoms. The second kappa shape index (κ2) is 3.01. The summed E-state index contributed by atoms with van der Waals surface area (Å²) in [4.78, 5) is 0. The van der Waals surface area contributed by atoms with E-state index >= 15 is 0 Å². The van der Waals surface area contributed by atoms with Gasteiger partial charge in [-0.25, -0.2) is 0 Å². The van der Waals surface area contributed by atoms with E-state index in [0.717, 1.165) is 0 Å². The van der Waals surface area contributed by atoms with Crippen molar-refractivity contribution in [3.8, 4) is 0 Å². The lowest BCUT2D eigenvalue weighted by molar-refractivity contribution is 0.0281. The van der Waals surface area contributed by atoms with Crippen LogP contribution in [0.2, 0.25) is 0 Å². The molecule has 3 atom stereocenters. The van der Waals surface area contributed by atoms with Crippen molar-refractivity contribution in [3.05, 3.63) is 23.7 Å². The molecule has 0 aromatic heterocycles. The van der Waals surface area contributed by atoms with Crippen LogP contribution in [0.5, 0.6) is 0 Å². The minimum Gasteiger partial charge on any atom is -0.507 e. The Balaban J connectivity index is 3.08. The highest BCUT2D eigenvalue weighted by Gasteiger charge is 2.37. The van der Waals surface area contributed by atoms with Crippen molar-refractivity contribution in [2.45, 2.75) is 17.5 Å². The lowest BCUT2D eigenvalue weighted by atomic mass is 9.94. The van der Waals surface area contributed by atoms with Gasteiger partial charge in [-0.1, -0.05) is 6.58 Å². The number of aliphatic hydroxyl groups is 4. The van der Waals surface area contributed by atoms with E-state index in [2.05, 4.69) is 19.2 Å². The summed E-state index contributed by atoms with van der Waals surface area (Å²) < 4.78 is 0. The lowest BCUT2D eigenvalue weighted by Gasteiger charge is -2.29. The summed E-state index contributed by atoms with van der Waals surface area (Å²) >= 11 is 3.79. The van der Waals surface area contributed by atoms with Crippen LogP contribution in [-0.4, -0.2) is 37.9 Å². The zero-order valence-electron chi connectivity index (χ0n) is 6.18. The second-order valence-corrected chi connectivity index (χ2v) is 3.20. The Kier molecular flexibility index (Phi) is 2.36. The molecule has 1 aliphatic rings. The van der Waals surface area contributed by atoms with Crippen LogP contribution in [0.3, 0.4) is 0 Å². The Bertz CT molecular complexity index is 248. The molecule has 1 aliphatic carbocycles. The van der Waals surface area contributed by atoms with Gasteiger partial charge in [-0.3, -0.25) is 0 Å². The van der Waals surface area contributed by atoms with Gasteiger partial charge in [0, 0.05) is 5.57 Å². The minimum absolute atomic E-state index is 0.0923. The van der Waals surface area contributed by atoms with Crippen LogP contribution in [-0.2, 0) is 0 Å². The molecule has 5 heteroatoms. The summed E-state index contributed by atoms with van der Waals surface area (Å²) in [6, 6.07) is 0. The van der Waals surface area contributed by atoms with Crippen LogP contribution in [0.4, 0.5) is 0 Å². The van der Waals surface area contributed by atoms with E-state index in [1.54, 1.807) is 0 Å². The van der Waals surface area contributed by atoms with E-state index < -0.39 is 29.0 Å². The molecule has 0 saturated heterocycles. The molecule has 4 N–H and O–H groups in total. The molecule has 68 valence electrons. The first-order chi connectivity index (χ1) is 5.46. The van der Waals surface area contributed by atoms with Gasteiger partial charge in [0.1, 0.15) is 18.0 Å². The fraction of sp³-hybridized carbons (Fsp3) is 0.429. The summed E-state index contributed by atoms with van der Waals surface area (Å²) in [5.74, 6) is -0.950. The normalized spacial score (nSPS) is 37.2. The third-order valence-electron chi connectivity index (χ3n) is 1.83. The Morgan fingerprint density at radius 2 is 1.75 bits per heavy atom. The number of hydrogen-bond acceptors (Lipinski definition) is 5. The molecule has 0 heterocycles. The predicted molar refractivity (Wildman–Crippen MR) is 46.2 cm³/mol. The van der Waals surface area contributed by atoms with Gasteiger partial charge in [-0.15, -0.1) is 0 Å². The number of thiol groups is 1. The summed E-state index contributed by atoms with van der Waals surface area (Å²) in [5, 5.41) is 35.7. The lowest BCUT2D eigenvalue weighted by Crippen LogP contribution is -2.41. The van der Waals surface area contributed by atoms with Crippen molar-refractivity contribution in [1.29, 1.82) is 0 Å². The minimum atomic E-state index is -1.27. The maximum absolute atomic E-state index is 9.21. The molecule has 0 aromatic carbocycles. The fourth-order valence-electron chi connectivity index (χ4n) is 0.985. The number of hydrogen-bond donors (Lipinski definition) is 5. The zero-order valence-corrected chi connectivity index (χ0v) is 7.07. The van der Waals surface area contributed by atoms with Gasteiger partial charge in [0.25, 0.3) is 0 Å². The van der Waals surface area contributed by atoms with E-state index in [9.17, 15) is 10.2 Å². The first-order valence-corrected chi connectivity index (χ1v) is 3.84. The number of aliphatic hydroxyl groups excluding tert-OH is 4. The van der Waals surface area contributed by atoms with Crippen LogP contribution in [0.1, 0.15) is 0 Å². The van der Waals surface area contributed by atoms with Gasteiger partial charge in [0.05, 0.1) is 5.25 Å². The van der Waals surface area contributed by atoms with Crippen LogP contribution in [0.15, 0.2) is 23.7 Å². The molecule has 1 unspecified atom stereocenters. The van der Waals surface area contributed by atoms with Gasteiger partial charge in [-0.05, 0) is 0 Å². The van der Waals surface area contributed by atoms with Crippen LogP contribution >= 0.6 is 12.6 Å². The molecule has 0 fully saturated rings. The second-order valence-electron chi connectivity index (χ2n) is 2.64. The van der Waals surface area contributed by atoms with Crippen molar-refractivity contribution in [3.63, 3.8) is 0 Å². The average molecular weight is 190 g/mol. The molecular formula is C7H10O4S. The van der Waals surface area contributed by atoms with Crippen molar-refractivity contribution in [2.24, 2.45) is 0 Å². The zero-order chi connectivity index (χ0) is 9.46. The third kappa shape index (κ3) is 1.20. The third-order valence-corrected chi connectivity index (χ3v) is 2.38. The van der Waals surface area contributed by atoms with Crippen molar-refractivity contribution >= 4 is 12.6 Å². The molecule has 0 aromatic rings. The summed E-state index contributed by atoms with van der Waals surface area (Å²) in [6.07, 6.45) is -2.51. The van der Waals surface area contributed by atoms with Crippen LogP contribution in [0.25, 0.3) is 0 Å². The number of rotatable bonds is 0. The van der Waals surface area contributed by atoms with Gasteiger partial charge < -0.3 is 20.4 Å². The molecule has 0 spiro atoms. The molecule has 0 radical (unpaired) electrons. The monoisotopic (exact) mass is 190 g/mol. The highest BCUT2D eigenvalue weighted by Crippen LogP contribution is 2.29. The molecule has 0 aliphatic heterocycles. The molecule has 0 bridgehead atoms. The average Bonchev–Trinajstić information content (AvgIpc) is 2.08. The van der Waals surface area contributed by atoms with Crippen molar-refractivity contribution in [1.82, 2.24) is 0 Å². The van der Waals surface area contributed by atoms with E-state index in [-0.39, 0.29) is 5.57 Å². The summed E-state index contributed by atoms with van der Waals surface area (Å²) in [7, 11) is 0. The Morgan fingerprint density at radius 3 is 2.25 bits per heavy atom. The van der Waals surface area contributed by atoms with E-state index in [4.69, 9.17) is 10.2 Å². The predicted octanol–water partition coefficient (Wildman–Crippen LogP) is -0.0960. The summed E-state index contributed by atoms with van der Waals surface area (Å²) in [6.45, 7) is 3.30.